The van der Waals surface area contributed by atoms with Crippen LogP contribution in [0.5, 0.6) is 5.75 Å². The van der Waals surface area contributed by atoms with Gasteiger partial charge in [-0.15, -0.1) is 0 Å². The summed E-state index contributed by atoms with van der Waals surface area (Å²) < 4.78 is 42.7. The standard InChI is InChI=1S/C9H7BrF3NO/c10-6-4-14-8(9(11,12)13)3-7(6)15-5-1-2-5/h3-5H,1-2H2. The molecule has 0 N–H and O–H groups in total. The molecule has 0 aromatic carbocycles. The predicted octanol–water partition coefficient (Wildman–Crippen LogP) is 3.40. The summed E-state index contributed by atoms with van der Waals surface area (Å²) >= 11 is 3.10. The van der Waals surface area contributed by atoms with E-state index in [-0.39, 0.29) is 11.9 Å². The van der Waals surface area contributed by atoms with Crippen LogP contribution in [-0.2, 0) is 6.18 Å². The largest absolute Gasteiger partial charge is 0.489 e. The quantitative estimate of drug-likeness (QED) is 0.829. The molecule has 1 aromatic heterocycles. The van der Waals surface area contributed by atoms with Crippen molar-refractivity contribution in [2.24, 2.45) is 0 Å². The summed E-state index contributed by atoms with van der Waals surface area (Å²) in [5.74, 6) is 0.208. The number of pyridine rings is 1. The van der Waals surface area contributed by atoms with Gasteiger partial charge in [0.05, 0.1) is 10.6 Å². The van der Waals surface area contributed by atoms with E-state index in [9.17, 15) is 13.2 Å². The average Bonchev–Trinajstić information content (AvgIpc) is 2.90. The van der Waals surface area contributed by atoms with Crippen LogP contribution in [0.4, 0.5) is 13.2 Å². The first kappa shape index (κ1) is 10.7. The molecular formula is C9H7BrF3NO. The summed E-state index contributed by atoms with van der Waals surface area (Å²) in [6, 6.07) is 0.919. The number of halogens is 4. The summed E-state index contributed by atoms with van der Waals surface area (Å²) in [7, 11) is 0. The molecule has 1 saturated carbocycles. The lowest BCUT2D eigenvalue weighted by Crippen LogP contribution is -2.08. The molecule has 82 valence electrons. The minimum Gasteiger partial charge on any atom is -0.489 e. The summed E-state index contributed by atoms with van der Waals surface area (Å²) in [6.07, 6.45) is -1.46. The van der Waals surface area contributed by atoms with Crippen molar-refractivity contribution in [3.05, 3.63) is 22.4 Å². The summed E-state index contributed by atoms with van der Waals surface area (Å²) in [5, 5.41) is 0. The number of alkyl halides is 3. The van der Waals surface area contributed by atoms with Crippen molar-refractivity contribution in [2.75, 3.05) is 0 Å². The van der Waals surface area contributed by atoms with Crippen LogP contribution in [0, 0.1) is 0 Å². The second-order valence-electron chi connectivity index (χ2n) is 3.31. The molecular weight excluding hydrogens is 275 g/mol. The zero-order chi connectivity index (χ0) is 11.1. The minimum atomic E-state index is -4.43. The van der Waals surface area contributed by atoms with E-state index in [1.165, 1.54) is 0 Å². The number of hydrogen-bond donors (Lipinski definition) is 0. The second-order valence-corrected chi connectivity index (χ2v) is 4.17. The lowest BCUT2D eigenvalue weighted by Gasteiger charge is -2.10. The molecule has 0 aliphatic heterocycles. The SMILES string of the molecule is FC(F)(F)c1cc(OC2CC2)c(Br)cn1. The van der Waals surface area contributed by atoms with Crippen molar-refractivity contribution in [1.82, 2.24) is 4.98 Å². The van der Waals surface area contributed by atoms with Gasteiger partial charge in [-0.05, 0) is 28.8 Å². The number of nitrogens with zero attached hydrogens (tertiary/aromatic N) is 1. The first-order valence-electron chi connectivity index (χ1n) is 4.36. The summed E-state index contributed by atoms with van der Waals surface area (Å²) in [6.45, 7) is 0. The molecule has 1 fully saturated rings. The first-order chi connectivity index (χ1) is 6.97. The third-order valence-corrected chi connectivity index (χ3v) is 2.52. The fraction of sp³-hybridized carbons (Fsp3) is 0.444. The Morgan fingerprint density at radius 1 is 1.40 bits per heavy atom. The Morgan fingerprint density at radius 3 is 2.60 bits per heavy atom. The van der Waals surface area contributed by atoms with E-state index in [2.05, 4.69) is 20.9 Å². The van der Waals surface area contributed by atoms with Crippen LogP contribution < -0.4 is 4.74 Å². The fourth-order valence-corrected chi connectivity index (χ4v) is 1.34. The zero-order valence-corrected chi connectivity index (χ0v) is 9.10. The molecule has 0 bridgehead atoms. The van der Waals surface area contributed by atoms with Crippen molar-refractivity contribution in [3.8, 4) is 5.75 Å². The third-order valence-electron chi connectivity index (χ3n) is 1.93. The van der Waals surface area contributed by atoms with Crippen molar-refractivity contribution in [2.45, 2.75) is 25.1 Å². The van der Waals surface area contributed by atoms with Gasteiger partial charge in [0.15, 0.2) is 0 Å². The maximum atomic E-state index is 12.3. The van der Waals surface area contributed by atoms with Crippen LogP contribution in [0.1, 0.15) is 18.5 Å². The van der Waals surface area contributed by atoms with Crippen molar-refractivity contribution in [1.29, 1.82) is 0 Å². The fourth-order valence-electron chi connectivity index (χ4n) is 1.03. The van der Waals surface area contributed by atoms with Crippen molar-refractivity contribution < 1.29 is 17.9 Å². The van der Waals surface area contributed by atoms with Gasteiger partial charge in [-0.3, -0.25) is 4.98 Å². The molecule has 1 heterocycles. The molecule has 2 rings (SSSR count). The van der Waals surface area contributed by atoms with Gasteiger partial charge in [-0.25, -0.2) is 0 Å². The van der Waals surface area contributed by atoms with E-state index in [1.807, 2.05) is 0 Å². The van der Waals surface area contributed by atoms with Gasteiger partial charge in [-0.2, -0.15) is 13.2 Å². The van der Waals surface area contributed by atoms with E-state index >= 15 is 0 Å². The van der Waals surface area contributed by atoms with Crippen LogP contribution in [-0.4, -0.2) is 11.1 Å². The van der Waals surface area contributed by atoms with Gasteiger partial charge in [0.2, 0.25) is 0 Å². The molecule has 0 saturated heterocycles. The van der Waals surface area contributed by atoms with Gasteiger partial charge in [0.1, 0.15) is 11.4 Å². The van der Waals surface area contributed by atoms with Gasteiger partial charge < -0.3 is 4.74 Å². The topological polar surface area (TPSA) is 22.1 Å². The Balaban J connectivity index is 2.27. The van der Waals surface area contributed by atoms with Gasteiger partial charge >= 0.3 is 6.18 Å². The lowest BCUT2D eigenvalue weighted by atomic mass is 10.3. The number of hydrogen-bond acceptors (Lipinski definition) is 2. The highest BCUT2D eigenvalue weighted by atomic mass is 79.9. The van der Waals surface area contributed by atoms with Crippen LogP contribution in [0.3, 0.4) is 0 Å². The Kier molecular flexibility index (Phi) is 2.62. The van der Waals surface area contributed by atoms with Crippen LogP contribution in [0.25, 0.3) is 0 Å². The second kappa shape index (κ2) is 3.66. The monoisotopic (exact) mass is 281 g/mol. The molecule has 1 aromatic rings. The van der Waals surface area contributed by atoms with E-state index in [1.54, 1.807) is 0 Å². The summed E-state index contributed by atoms with van der Waals surface area (Å²) in [5.41, 5.74) is -0.929. The van der Waals surface area contributed by atoms with Crippen LogP contribution in [0.15, 0.2) is 16.7 Å². The van der Waals surface area contributed by atoms with Gasteiger partial charge in [-0.1, -0.05) is 0 Å². The Labute approximate surface area is 92.6 Å². The minimum absolute atomic E-state index is 0.0600. The summed E-state index contributed by atoms with van der Waals surface area (Å²) in [4.78, 5) is 3.29. The molecule has 0 amide bonds. The molecule has 0 spiro atoms. The molecule has 1 aliphatic rings. The van der Waals surface area contributed by atoms with E-state index in [0.717, 1.165) is 25.1 Å². The normalized spacial score (nSPS) is 16.5. The molecule has 2 nitrogen and oxygen atoms in total. The Morgan fingerprint density at radius 2 is 2.07 bits per heavy atom. The average molecular weight is 282 g/mol. The van der Waals surface area contributed by atoms with E-state index in [0.29, 0.717) is 4.47 Å². The van der Waals surface area contributed by atoms with Gasteiger partial charge in [0, 0.05) is 12.3 Å². The maximum absolute atomic E-state index is 12.3. The highest BCUT2D eigenvalue weighted by Gasteiger charge is 2.34. The highest BCUT2D eigenvalue weighted by molar-refractivity contribution is 9.10. The lowest BCUT2D eigenvalue weighted by molar-refractivity contribution is -0.141. The Bertz CT molecular complexity index is 376. The van der Waals surface area contributed by atoms with E-state index < -0.39 is 11.9 Å². The third kappa shape index (κ3) is 2.62. The number of rotatable bonds is 2. The van der Waals surface area contributed by atoms with E-state index in [4.69, 9.17) is 4.74 Å². The number of ether oxygens (including phenoxy) is 1. The van der Waals surface area contributed by atoms with Crippen molar-refractivity contribution in [3.63, 3.8) is 0 Å². The highest BCUT2D eigenvalue weighted by Crippen LogP contribution is 2.36. The Hall–Kier alpha value is -0.780. The van der Waals surface area contributed by atoms with Crippen LogP contribution in [0.2, 0.25) is 0 Å². The smallest absolute Gasteiger partial charge is 0.433 e. The molecule has 0 atom stereocenters. The first-order valence-corrected chi connectivity index (χ1v) is 5.15. The molecule has 0 radical (unpaired) electrons. The molecule has 1 aliphatic carbocycles. The van der Waals surface area contributed by atoms with Crippen LogP contribution >= 0.6 is 15.9 Å². The molecule has 6 heteroatoms. The predicted molar refractivity (Wildman–Crippen MR) is 50.6 cm³/mol. The molecule has 15 heavy (non-hydrogen) atoms. The van der Waals surface area contributed by atoms with Crippen molar-refractivity contribution >= 4 is 15.9 Å². The van der Waals surface area contributed by atoms with Gasteiger partial charge in [0.25, 0.3) is 0 Å². The zero-order valence-electron chi connectivity index (χ0n) is 7.51. The maximum Gasteiger partial charge on any atom is 0.433 e. The molecule has 0 unspecified atom stereocenters. The number of aromatic nitrogens is 1.